The van der Waals surface area contributed by atoms with Crippen LogP contribution in [-0.4, -0.2) is 36.0 Å². The number of aliphatic imine (C=N–C) groups is 1. The lowest BCUT2D eigenvalue weighted by Crippen LogP contribution is -2.39. The third-order valence-corrected chi connectivity index (χ3v) is 4.34. The Labute approximate surface area is 161 Å². The first kappa shape index (κ1) is 18.7. The fraction of sp³-hybridized carbons (Fsp3) is 0.368. The minimum Gasteiger partial charge on any atom is -0.351 e. The van der Waals surface area contributed by atoms with Gasteiger partial charge in [-0.15, -0.1) is 24.0 Å². The van der Waals surface area contributed by atoms with Crippen LogP contribution in [0.15, 0.2) is 53.5 Å². The second-order valence-electron chi connectivity index (χ2n) is 6.01. The van der Waals surface area contributed by atoms with Crippen molar-refractivity contribution in [1.29, 1.82) is 0 Å². The van der Waals surface area contributed by atoms with E-state index in [9.17, 15) is 0 Å². The lowest BCUT2D eigenvalue weighted by atomic mass is 9.99. The van der Waals surface area contributed by atoms with Gasteiger partial charge in [0.2, 0.25) is 0 Å². The van der Waals surface area contributed by atoms with Crippen molar-refractivity contribution in [1.82, 2.24) is 15.2 Å². The van der Waals surface area contributed by atoms with Crippen LogP contribution < -0.4 is 5.32 Å². The van der Waals surface area contributed by atoms with Gasteiger partial charge in [-0.2, -0.15) is 0 Å². The zero-order valence-electron chi connectivity index (χ0n) is 14.3. The molecule has 0 spiro atoms. The van der Waals surface area contributed by atoms with Crippen molar-refractivity contribution in [2.24, 2.45) is 4.99 Å². The quantitative estimate of drug-likeness (QED) is 0.455. The maximum atomic E-state index is 4.53. The van der Waals surface area contributed by atoms with Gasteiger partial charge >= 0.3 is 0 Å². The van der Waals surface area contributed by atoms with Gasteiger partial charge in [-0.1, -0.05) is 36.4 Å². The summed E-state index contributed by atoms with van der Waals surface area (Å²) in [5.74, 6) is 1.55. The summed E-state index contributed by atoms with van der Waals surface area (Å²) >= 11 is 0. The van der Waals surface area contributed by atoms with Gasteiger partial charge in [-0.3, -0.25) is 9.98 Å². The molecule has 0 bridgehead atoms. The minimum absolute atomic E-state index is 0. The van der Waals surface area contributed by atoms with Gasteiger partial charge in [-0.05, 0) is 31.0 Å². The SMILES string of the molecule is CN=C(NCc1cccc(C)n1)N1CCC(c2ccccc2)C1.I. The van der Waals surface area contributed by atoms with E-state index in [1.807, 2.05) is 32.2 Å². The normalized spacial score (nSPS) is 17.5. The van der Waals surface area contributed by atoms with E-state index in [4.69, 9.17) is 0 Å². The Bertz CT molecular complexity index is 672. The van der Waals surface area contributed by atoms with Crippen molar-refractivity contribution in [2.75, 3.05) is 20.1 Å². The van der Waals surface area contributed by atoms with Crippen LogP contribution in [0.5, 0.6) is 0 Å². The average Bonchev–Trinajstić information content (AvgIpc) is 3.06. The molecule has 1 N–H and O–H groups in total. The predicted molar refractivity (Wildman–Crippen MR) is 110 cm³/mol. The van der Waals surface area contributed by atoms with Crippen molar-refractivity contribution in [3.63, 3.8) is 0 Å². The molecule has 1 saturated heterocycles. The molecular formula is C19H25IN4. The highest BCUT2D eigenvalue weighted by molar-refractivity contribution is 14.0. The maximum Gasteiger partial charge on any atom is 0.193 e. The second kappa shape index (κ2) is 9.01. The highest BCUT2D eigenvalue weighted by Gasteiger charge is 2.25. The molecule has 0 aliphatic carbocycles. The summed E-state index contributed by atoms with van der Waals surface area (Å²) in [6, 6.07) is 16.9. The van der Waals surface area contributed by atoms with Crippen molar-refractivity contribution in [2.45, 2.75) is 25.8 Å². The smallest absolute Gasteiger partial charge is 0.193 e. The number of likely N-dealkylation sites (tertiary alicyclic amines) is 1. The number of hydrogen-bond donors (Lipinski definition) is 1. The van der Waals surface area contributed by atoms with Gasteiger partial charge < -0.3 is 10.2 Å². The van der Waals surface area contributed by atoms with Crippen LogP contribution in [0, 0.1) is 6.92 Å². The molecule has 1 aromatic heterocycles. The number of aromatic nitrogens is 1. The summed E-state index contributed by atoms with van der Waals surface area (Å²) in [6.45, 7) is 4.79. The number of aryl methyl sites for hydroxylation is 1. The zero-order chi connectivity index (χ0) is 16.1. The number of nitrogens with zero attached hydrogens (tertiary/aromatic N) is 3. The lowest BCUT2D eigenvalue weighted by Gasteiger charge is -2.21. The fourth-order valence-electron chi connectivity index (χ4n) is 3.15. The van der Waals surface area contributed by atoms with E-state index in [2.05, 4.69) is 50.5 Å². The summed E-state index contributed by atoms with van der Waals surface area (Å²) in [6.07, 6.45) is 1.17. The summed E-state index contributed by atoms with van der Waals surface area (Å²) in [5, 5.41) is 3.44. The lowest BCUT2D eigenvalue weighted by molar-refractivity contribution is 0.485. The minimum atomic E-state index is 0. The van der Waals surface area contributed by atoms with Crippen LogP contribution in [0.2, 0.25) is 0 Å². The Morgan fingerprint density at radius 3 is 2.71 bits per heavy atom. The standard InChI is InChI=1S/C19H24N4.HI/c1-15-7-6-10-18(22-15)13-21-19(20-2)23-12-11-17(14-23)16-8-4-3-5-9-16;/h3-10,17H,11-14H2,1-2H3,(H,20,21);1H. The van der Waals surface area contributed by atoms with E-state index in [0.717, 1.165) is 30.4 Å². The molecule has 1 aliphatic rings. The highest BCUT2D eigenvalue weighted by Crippen LogP contribution is 2.26. The van der Waals surface area contributed by atoms with E-state index in [0.29, 0.717) is 12.5 Å². The monoisotopic (exact) mass is 436 g/mol. The molecule has 2 aromatic rings. The molecule has 24 heavy (non-hydrogen) atoms. The number of benzene rings is 1. The first-order chi connectivity index (χ1) is 11.3. The molecule has 2 heterocycles. The van der Waals surface area contributed by atoms with Crippen LogP contribution in [0.1, 0.15) is 29.3 Å². The number of nitrogens with one attached hydrogen (secondary N) is 1. The molecule has 0 radical (unpaired) electrons. The summed E-state index contributed by atoms with van der Waals surface area (Å²) < 4.78 is 0. The van der Waals surface area contributed by atoms with E-state index < -0.39 is 0 Å². The van der Waals surface area contributed by atoms with Gasteiger partial charge in [-0.25, -0.2) is 0 Å². The van der Waals surface area contributed by atoms with Gasteiger partial charge in [0.1, 0.15) is 0 Å². The van der Waals surface area contributed by atoms with Gasteiger partial charge in [0.15, 0.2) is 5.96 Å². The fourth-order valence-corrected chi connectivity index (χ4v) is 3.15. The van der Waals surface area contributed by atoms with Crippen LogP contribution in [0.4, 0.5) is 0 Å². The number of guanidine groups is 1. The van der Waals surface area contributed by atoms with Crippen molar-refractivity contribution < 1.29 is 0 Å². The Kier molecular flexibility index (Phi) is 7.02. The predicted octanol–water partition coefficient (Wildman–Crippen LogP) is 3.57. The molecule has 0 saturated carbocycles. The van der Waals surface area contributed by atoms with E-state index in [-0.39, 0.29) is 24.0 Å². The third-order valence-electron chi connectivity index (χ3n) is 4.34. The third kappa shape index (κ3) is 4.69. The molecule has 3 rings (SSSR count). The van der Waals surface area contributed by atoms with Crippen LogP contribution in [0.25, 0.3) is 0 Å². The average molecular weight is 436 g/mol. The van der Waals surface area contributed by atoms with Crippen LogP contribution in [0.3, 0.4) is 0 Å². The van der Waals surface area contributed by atoms with Gasteiger partial charge in [0.25, 0.3) is 0 Å². The van der Waals surface area contributed by atoms with Gasteiger partial charge in [0.05, 0.1) is 12.2 Å². The molecule has 1 atom stereocenters. The van der Waals surface area contributed by atoms with Crippen molar-refractivity contribution in [3.8, 4) is 0 Å². The first-order valence-electron chi connectivity index (χ1n) is 8.19. The molecule has 1 aliphatic heterocycles. The molecule has 1 fully saturated rings. The molecule has 1 aromatic carbocycles. The Hall–Kier alpha value is -1.63. The van der Waals surface area contributed by atoms with Crippen LogP contribution >= 0.6 is 24.0 Å². The topological polar surface area (TPSA) is 40.5 Å². The summed E-state index contributed by atoms with van der Waals surface area (Å²) in [7, 11) is 1.85. The maximum absolute atomic E-state index is 4.53. The number of pyridine rings is 1. The molecule has 128 valence electrons. The Balaban J connectivity index is 0.00000208. The number of rotatable bonds is 3. The Morgan fingerprint density at radius 1 is 1.21 bits per heavy atom. The molecular weight excluding hydrogens is 411 g/mol. The highest BCUT2D eigenvalue weighted by atomic mass is 127. The largest absolute Gasteiger partial charge is 0.351 e. The summed E-state index contributed by atoms with van der Waals surface area (Å²) in [5.41, 5.74) is 3.51. The molecule has 1 unspecified atom stereocenters. The second-order valence-corrected chi connectivity index (χ2v) is 6.01. The van der Waals surface area contributed by atoms with Crippen LogP contribution in [-0.2, 0) is 6.54 Å². The van der Waals surface area contributed by atoms with E-state index in [1.54, 1.807) is 0 Å². The molecule has 4 nitrogen and oxygen atoms in total. The molecule has 5 heteroatoms. The number of halogens is 1. The van der Waals surface area contributed by atoms with Crippen molar-refractivity contribution >= 4 is 29.9 Å². The van der Waals surface area contributed by atoms with E-state index in [1.165, 1.54) is 12.0 Å². The van der Waals surface area contributed by atoms with E-state index >= 15 is 0 Å². The van der Waals surface area contributed by atoms with Crippen molar-refractivity contribution in [3.05, 3.63) is 65.5 Å². The summed E-state index contributed by atoms with van der Waals surface area (Å²) in [4.78, 5) is 11.3. The zero-order valence-corrected chi connectivity index (χ0v) is 16.6. The first-order valence-corrected chi connectivity index (χ1v) is 8.19. The van der Waals surface area contributed by atoms with Gasteiger partial charge in [0, 0.05) is 31.7 Å². The number of hydrogen-bond acceptors (Lipinski definition) is 2. The Morgan fingerprint density at radius 2 is 2.00 bits per heavy atom. The molecule has 0 amide bonds.